The number of aryl methyl sites for hydroxylation is 1. The van der Waals surface area contributed by atoms with Gasteiger partial charge in [-0.2, -0.15) is 0 Å². The number of fused-ring (bicyclic) bond motifs is 1. The summed E-state index contributed by atoms with van der Waals surface area (Å²) in [5.74, 6) is 0.416. The van der Waals surface area contributed by atoms with E-state index in [0.29, 0.717) is 34.6 Å². The van der Waals surface area contributed by atoms with E-state index in [1.807, 2.05) is 37.3 Å². The third-order valence-corrected chi connectivity index (χ3v) is 4.56. The highest BCUT2D eigenvalue weighted by Gasteiger charge is 2.16. The first kappa shape index (κ1) is 18.1. The summed E-state index contributed by atoms with van der Waals surface area (Å²) in [5.41, 5.74) is 1.48. The molecule has 0 saturated carbocycles. The number of aromatic nitrogens is 2. The third-order valence-electron chi connectivity index (χ3n) is 4.32. The molecule has 0 spiro atoms. The maximum atomic E-state index is 12.5. The van der Waals surface area contributed by atoms with Gasteiger partial charge in [0.15, 0.2) is 0 Å². The van der Waals surface area contributed by atoms with Crippen molar-refractivity contribution in [2.24, 2.45) is 7.05 Å². The van der Waals surface area contributed by atoms with E-state index in [-0.39, 0.29) is 17.5 Å². The van der Waals surface area contributed by atoms with Gasteiger partial charge < -0.3 is 5.32 Å². The van der Waals surface area contributed by atoms with Crippen LogP contribution in [0.15, 0.2) is 53.3 Å². The highest BCUT2D eigenvalue weighted by molar-refractivity contribution is 6.31. The average molecular weight is 370 g/mol. The molecule has 0 saturated heterocycles. The summed E-state index contributed by atoms with van der Waals surface area (Å²) in [5, 5.41) is 3.94. The van der Waals surface area contributed by atoms with Crippen molar-refractivity contribution in [3.05, 3.63) is 75.3 Å². The van der Waals surface area contributed by atoms with Crippen molar-refractivity contribution in [1.29, 1.82) is 0 Å². The molecule has 1 amide bonds. The maximum absolute atomic E-state index is 12.5. The second kappa shape index (κ2) is 7.70. The van der Waals surface area contributed by atoms with E-state index in [2.05, 4.69) is 10.3 Å². The first-order chi connectivity index (χ1) is 12.5. The Morgan fingerprint density at radius 2 is 1.96 bits per heavy atom. The minimum absolute atomic E-state index is 0.0817. The fourth-order valence-corrected chi connectivity index (χ4v) is 3.10. The quantitative estimate of drug-likeness (QED) is 0.749. The predicted molar refractivity (Wildman–Crippen MR) is 103 cm³/mol. The van der Waals surface area contributed by atoms with Crippen LogP contribution in [0.4, 0.5) is 0 Å². The number of carbonyl (C=O) groups is 1. The number of nitrogens with one attached hydrogen (secondary N) is 1. The molecule has 1 unspecified atom stereocenters. The lowest BCUT2D eigenvalue weighted by molar-refractivity contribution is -0.121. The molecule has 0 aliphatic rings. The Morgan fingerprint density at radius 1 is 1.23 bits per heavy atom. The molecule has 5 nitrogen and oxygen atoms in total. The van der Waals surface area contributed by atoms with Crippen LogP contribution in [-0.2, 0) is 18.3 Å². The zero-order valence-corrected chi connectivity index (χ0v) is 15.5. The normalized spacial score (nSPS) is 12.1. The molecular weight excluding hydrogens is 350 g/mol. The molecular formula is C20H20ClN3O2. The molecule has 134 valence electrons. The van der Waals surface area contributed by atoms with Gasteiger partial charge in [-0.25, -0.2) is 4.98 Å². The number of hydrogen-bond donors (Lipinski definition) is 1. The lowest BCUT2D eigenvalue weighted by Gasteiger charge is -2.17. The fourth-order valence-electron chi connectivity index (χ4n) is 2.93. The second-order valence-corrected chi connectivity index (χ2v) is 6.71. The van der Waals surface area contributed by atoms with Crippen molar-refractivity contribution in [1.82, 2.24) is 14.9 Å². The van der Waals surface area contributed by atoms with Gasteiger partial charge in [0.1, 0.15) is 5.82 Å². The molecule has 1 heterocycles. The van der Waals surface area contributed by atoms with Crippen molar-refractivity contribution in [2.75, 3.05) is 0 Å². The molecule has 0 aliphatic carbocycles. The van der Waals surface area contributed by atoms with Crippen LogP contribution >= 0.6 is 11.6 Å². The van der Waals surface area contributed by atoms with Gasteiger partial charge in [-0.3, -0.25) is 14.2 Å². The van der Waals surface area contributed by atoms with Gasteiger partial charge >= 0.3 is 0 Å². The number of halogens is 1. The van der Waals surface area contributed by atoms with Crippen molar-refractivity contribution in [2.45, 2.75) is 25.8 Å². The molecule has 0 radical (unpaired) electrons. The Hall–Kier alpha value is -2.66. The molecule has 26 heavy (non-hydrogen) atoms. The maximum Gasteiger partial charge on any atom is 0.261 e. The molecule has 0 aliphatic heterocycles. The van der Waals surface area contributed by atoms with Gasteiger partial charge in [0.2, 0.25) is 5.91 Å². The Bertz CT molecular complexity index is 999. The standard InChI is InChI=1S/C20H20ClN3O2/c1-13(22-18(25)11-8-14-6-4-3-5-7-14)19-23-17-12-15(21)9-10-16(17)20(26)24(19)2/h3-7,9-10,12-13H,8,11H2,1-2H3,(H,22,25). The monoisotopic (exact) mass is 369 g/mol. The summed E-state index contributed by atoms with van der Waals surface area (Å²) >= 11 is 6.01. The van der Waals surface area contributed by atoms with Gasteiger partial charge in [-0.15, -0.1) is 0 Å². The van der Waals surface area contributed by atoms with Crippen LogP contribution in [0.3, 0.4) is 0 Å². The van der Waals surface area contributed by atoms with E-state index in [1.165, 1.54) is 4.57 Å². The van der Waals surface area contributed by atoms with Crippen molar-refractivity contribution in [3.8, 4) is 0 Å². The minimum Gasteiger partial charge on any atom is -0.346 e. The first-order valence-corrected chi connectivity index (χ1v) is 8.83. The van der Waals surface area contributed by atoms with Crippen LogP contribution in [0.5, 0.6) is 0 Å². The molecule has 0 bridgehead atoms. The lowest BCUT2D eigenvalue weighted by Crippen LogP contribution is -2.32. The second-order valence-electron chi connectivity index (χ2n) is 6.27. The molecule has 3 aromatic rings. The Kier molecular flexibility index (Phi) is 5.38. The third kappa shape index (κ3) is 3.94. The number of nitrogens with zero attached hydrogens (tertiary/aromatic N) is 2. The van der Waals surface area contributed by atoms with Gasteiger partial charge in [0.25, 0.3) is 5.56 Å². The van der Waals surface area contributed by atoms with E-state index >= 15 is 0 Å². The zero-order chi connectivity index (χ0) is 18.7. The van der Waals surface area contributed by atoms with Gasteiger partial charge in [0, 0.05) is 18.5 Å². The average Bonchev–Trinajstić information content (AvgIpc) is 2.63. The van der Waals surface area contributed by atoms with Crippen molar-refractivity contribution in [3.63, 3.8) is 0 Å². The predicted octanol–water partition coefficient (Wildman–Crippen LogP) is 3.40. The Morgan fingerprint density at radius 3 is 2.69 bits per heavy atom. The fraction of sp³-hybridized carbons (Fsp3) is 0.250. The summed E-state index contributed by atoms with van der Waals surface area (Å²) in [6.45, 7) is 1.82. The van der Waals surface area contributed by atoms with E-state index in [4.69, 9.17) is 11.6 Å². The van der Waals surface area contributed by atoms with Gasteiger partial charge in [-0.05, 0) is 37.1 Å². The van der Waals surface area contributed by atoms with Crippen LogP contribution in [0, 0.1) is 0 Å². The molecule has 2 aromatic carbocycles. The van der Waals surface area contributed by atoms with Crippen LogP contribution in [0.25, 0.3) is 10.9 Å². The molecule has 3 rings (SSSR count). The molecule has 0 fully saturated rings. The van der Waals surface area contributed by atoms with Crippen LogP contribution in [0.1, 0.15) is 30.8 Å². The number of amides is 1. The highest BCUT2D eigenvalue weighted by Crippen LogP contribution is 2.17. The smallest absolute Gasteiger partial charge is 0.261 e. The number of hydrogen-bond acceptors (Lipinski definition) is 3. The Balaban J connectivity index is 1.76. The summed E-state index contributed by atoms with van der Waals surface area (Å²) in [7, 11) is 1.66. The van der Waals surface area contributed by atoms with E-state index in [1.54, 1.807) is 25.2 Å². The Labute approximate surface area is 156 Å². The number of carbonyl (C=O) groups excluding carboxylic acids is 1. The van der Waals surface area contributed by atoms with E-state index < -0.39 is 0 Å². The number of rotatable bonds is 5. The van der Waals surface area contributed by atoms with E-state index in [0.717, 1.165) is 5.56 Å². The minimum atomic E-state index is -0.389. The largest absolute Gasteiger partial charge is 0.346 e. The SMILES string of the molecule is CC(NC(=O)CCc1ccccc1)c1nc2cc(Cl)ccc2c(=O)n1C. The van der Waals surface area contributed by atoms with E-state index in [9.17, 15) is 9.59 Å². The highest BCUT2D eigenvalue weighted by atomic mass is 35.5. The summed E-state index contributed by atoms with van der Waals surface area (Å²) in [4.78, 5) is 29.3. The van der Waals surface area contributed by atoms with Crippen LogP contribution in [-0.4, -0.2) is 15.5 Å². The number of benzene rings is 2. The summed E-state index contributed by atoms with van der Waals surface area (Å²) < 4.78 is 1.47. The molecule has 1 atom stereocenters. The molecule has 6 heteroatoms. The summed E-state index contributed by atoms with van der Waals surface area (Å²) in [6.07, 6.45) is 1.04. The molecule has 1 aromatic heterocycles. The molecule has 1 N–H and O–H groups in total. The topological polar surface area (TPSA) is 64.0 Å². The van der Waals surface area contributed by atoms with Crippen LogP contribution < -0.4 is 10.9 Å². The summed E-state index contributed by atoms with van der Waals surface area (Å²) in [6, 6.07) is 14.5. The van der Waals surface area contributed by atoms with Gasteiger partial charge in [0.05, 0.1) is 16.9 Å². The van der Waals surface area contributed by atoms with Crippen molar-refractivity contribution < 1.29 is 4.79 Å². The lowest BCUT2D eigenvalue weighted by atomic mass is 10.1. The van der Waals surface area contributed by atoms with Crippen LogP contribution in [0.2, 0.25) is 5.02 Å². The van der Waals surface area contributed by atoms with Crippen molar-refractivity contribution >= 4 is 28.4 Å². The zero-order valence-electron chi connectivity index (χ0n) is 14.7. The first-order valence-electron chi connectivity index (χ1n) is 8.45. The van der Waals surface area contributed by atoms with Gasteiger partial charge in [-0.1, -0.05) is 41.9 Å².